The average molecular weight is 186 g/mol. The topological polar surface area (TPSA) is 75.3 Å². The summed E-state index contributed by atoms with van der Waals surface area (Å²) < 4.78 is 21.0. The van der Waals surface area contributed by atoms with Crippen LogP contribution in [0.4, 0.5) is 5.69 Å². The second-order valence-electron chi connectivity index (χ2n) is 2.27. The lowest BCUT2D eigenvalue weighted by Gasteiger charge is -2.03. The van der Waals surface area contributed by atoms with Gasteiger partial charge in [-0.25, -0.2) is 8.93 Å². The van der Waals surface area contributed by atoms with Crippen molar-refractivity contribution in [3.8, 4) is 0 Å². The summed E-state index contributed by atoms with van der Waals surface area (Å²) in [5.41, 5.74) is 7.03. The molecule has 4 nitrogen and oxygen atoms in total. The molecule has 1 aromatic rings. The van der Waals surface area contributed by atoms with E-state index in [1.807, 2.05) is 12.1 Å². The molecule has 12 heavy (non-hydrogen) atoms. The summed E-state index contributed by atoms with van der Waals surface area (Å²) in [7, 11) is 0. The molecule has 0 aliphatic rings. The zero-order chi connectivity index (χ0) is 8.97. The maximum atomic E-state index is 10.2. The molecular weight excluding hydrogens is 176 g/mol. The SMILES string of the molecule is Nc1ccccc1CNS(=O)O. The van der Waals surface area contributed by atoms with Crippen molar-refractivity contribution in [1.82, 2.24) is 4.72 Å². The molecule has 4 N–H and O–H groups in total. The van der Waals surface area contributed by atoms with Crippen molar-refractivity contribution in [2.24, 2.45) is 0 Å². The number of rotatable bonds is 3. The molecule has 66 valence electrons. The Hall–Kier alpha value is -0.910. The van der Waals surface area contributed by atoms with Gasteiger partial charge in [-0.15, -0.1) is 0 Å². The van der Waals surface area contributed by atoms with Crippen LogP contribution in [-0.2, 0) is 17.8 Å². The molecule has 0 fully saturated rings. The minimum atomic E-state index is -1.98. The lowest BCUT2D eigenvalue weighted by molar-refractivity contribution is 0.549. The van der Waals surface area contributed by atoms with Crippen molar-refractivity contribution >= 4 is 17.0 Å². The Labute approximate surface area is 73.2 Å². The minimum absolute atomic E-state index is 0.301. The highest BCUT2D eigenvalue weighted by molar-refractivity contribution is 7.77. The Kier molecular flexibility index (Phi) is 3.21. The first-order valence-electron chi connectivity index (χ1n) is 3.38. The average Bonchev–Trinajstić information content (AvgIpc) is 2.03. The van der Waals surface area contributed by atoms with Gasteiger partial charge in [0, 0.05) is 12.2 Å². The predicted octanol–water partition coefficient (Wildman–Crippen LogP) is 0.495. The van der Waals surface area contributed by atoms with Crippen molar-refractivity contribution in [1.29, 1.82) is 0 Å². The van der Waals surface area contributed by atoms with E-state index in [9.17, 15) is 4.21 Å². The molecule has 0 aromatic heterocycles. The normalized spacial score (nSPS) is 12.8. The Morgan fingerprint density at radius 3 is 2.75 bits per heavy atom. The molecule has 0 spiro atoms. The fourth-order valence-electron chi connectivity index (χ4n) is 0.835. The number of para-hydroxylation sites is 1. The van der Waals surface area contributed by atoms with E-state index in [0.717, 1.165) is 5.56 Å². The molecule has 1 rings (SSSR count). The monoisotopic (exact) mass is 186 g/mol. The molecule has 0 aliphatic carbocycles. The maximum Gasteiger partial charge on any atom is 0.232 e. The summed E-state index contributed by atoms with van der Waals surface area (Å²) in [6.45, 7) is 0.301. The smallest absolute Gasteiger partial charge is 0.232 e. The molecule has 0 saturated heterocycles. The minimum Gasteiger partial charge on any atom is -0.398 e. The van der Waals surface area contributed by atoms with Gasteiger partial charge >= 0.3 is 0 Å². The fraction of sp³-hybridized carbons (Fsp3) is 0.143. The molecule has 0 amide bonds. The van der Waals surface area contributed by atoms with Crippen molar-refractivity contribution in [2.75, 3.05) is 5.73 Å². The van der Waals surface area contributed by atoms with Crippen molar-refractivity contribution in [3.63, 3.8) is 0 Å². The number of anilines is 1. The van der Waals surface area contributed by atoms with E-state index in [-0.39, 0.29) is 0 Å². The van der Waals surface area contributed by atoms with Crippen LogP contribution in [0.15, 0.2) is 24.3 Å². The number of nitrogen functional groups attached to an aromatic ring is 1. The van der Waals surface area contributed by atoms with Crippen molar-refractivity contribution < 1.29 is 8.76 Å². The number of hydrogen-bond acceptors (Lipinski definition) is 2. The number of hydrogen-bond donors (Lipinski definition) is 3. The summed E-state index contributed by atoms with van der Waals surface area (Å²) in [6.07, 6.45) is 0. The van der Waals surface area contributed by atoms with Gasteiger partial charge in [0.2, 0.25) is 11.3 Å². The summed E-state index contributed by atoms with van der Waals surface area (Å²) in [4.78, 5) is 0. The van der Waals surface area contributed by atoms with Gasteiger partial charge in [0.15, 0.2) is 0 Å². The Morgan fingerprint density at radius 1 is 1.50 bits per heavy atom. The molecular formula is C7H10N2O2S. The molecule has 0 aliphatic heterocycles. The van der Waals surface area contributed by atoms with Gasteiger partial charge in [0.05, 0.1) is 0 Å². The summed E-state index contributed by atoms with van der Waals surface area (Å²) in [5.74, 6) is 0. The van der Waals surface area contributed by atoms with Crippen LogP contribution < -0.4 is 10.5 Å². The number of nitrogens with two attached hydrogens (primary N) is 1. The van der Waals surface area contributed by atoms with Crippen LogP contribution in [0.2, 0.25) is 0 Å². The molecule has 0 bridgehead atoms. The highest BCUT2D eigenvalue weighted by Gasteiger charge is 1.97. The standard InChI is InChI=1S/C7H10N2O2S/c8-7-4-2-1-3-6(7)5-9-12(10)11/h1-4,9H,5,8H2,(H,10,11). The zero-order valence-electron chi connectivity index (χ0n) is 6.36. The summed E-state index contributed by atoms with van der Waals surface area (Å²) in [5, 5.41) is 0. The lowest BCUT2D eigenvalue weighted by atomic mass is 10.2. The Bertz CT molecular complexity index is 290. The molecule has 1 aromatic carbocycles. The van der Waals surface area contributed by atoms with Crippen LogP contribution in [0.3, 0.4) is 0 Å². The van der Waals surface area contributed by atoms with Gasteiger partial charge in [-0.2, -0.15) is 0 Å². The highest BCUT2D eigenvalue weighted by Crippen LogP contribution is 2.09. The lowest BCUT2D eigenvalue weighted by Crippen LogP contribution is -2.16. The largest absolute Gasteiger partial charge is 0.398 e. The molecule has 0 radical (unpaired) electrons. The molecule has 5 heteroatoms. The molecule has 0 heterocycles. The van der Waals surface area contributed by atoms with E-state index in [1.54, 1.807) is 12.1 Å². The second-order valence-corrected chi connectivity index (χ2v) is 3.06. The van der Waals surface area contributed by atoms with E-state index in [4.69, 9.17) is 10.3 Å². The summed E-state index contributed by atoms with van der Waals surface area (Å²) in [6, 6.07) is 7.19. The number of nitrogens with one attached hydrogen (secondary N) is 1. The van der Waals surface area contributed by atoms with Crippen LogP contribution in [0.5, 0.6) is 0 Å². The van der Waals surface area contributed by atoms with Crippen LogP contribution in [-0.4, -0.2) is 8.76 Å². The molecule has 1 atom stereocenters. The van der Waals surface area contributed by atoms with Gasteiger partial charge in [-0.05, 0) is 11.6 Å². The fourth-order valence-corrected chi connectivity index (χ4v) is 1.11. The van der Waals surface area contributed by atoms with Crippen LogP contribution in [0, 0.1) is 0 Å². The van der Waals surface area contributed by atoms with Crippen molar-refractivity contribution in [2.45, 2.75) is 6.54 Å². The van der Waals surface area contributed by atoms with Gasteiger partial charge in [0.25, 0.3) is 0 Å². The summed E-state index contributed by atoms with van der Waals surface area (Å²) >= 11 is -1.98. The van der Waals surface area contributed by atoms with E-state index in [0.29, 0.717) is 12.2 Å². The molecule has 1 unspecified atom stereocenters. The van der Waals surface area contributed by atoms with Crippen LogP contribution in [0.1, 0.15) is 5.56 Å². The predicted molar refractivity (Wildman–Crippen MR) is 48.5 cm³/mol. The second kappa shape index (κ2) is 4.20. The quantitative estimate of drug-likeness (QED) is 0.475. The van der Waals surface area contributed by atoms with Gasteiger partial charge in [-0.1, -0.05) is 18.2 Å². The first-order valence-corrected chi connectivity index (χ1v) is 4.48. The molecule has 0 saturated carbocycles. The van der Waals surface area contributed by atoms with Gasteiger partial charge in [0.1, 0.15) is 0 Å². The first kappa shape index (κ1) is 9.18. The first-order chi connectivity index (χ1) is 5.70. The Morgan fingerprint density at radius 2 is 2.17 bits per heavy atom. The van der Waals surface area contributed by atoms with Gasteiger partial charge < -0.3 is 5.73 Å². The maximum absolute atomic E-state index is 10.2. The van der Waals surface area contributed by atoms with E-state index in [2.05, 4.69) is 4.72 Å². The van der Waals surface area contributed by atoms with Gasteiger partial charge in [-0.3, -0.25) is 4.55 Å². The van der Waals surface area contributed by atoms with Crippen LogP contribution >= 0.6 is 0 Å². The third-order valence-electron chi connectivity index (χ3n) is 1.44. The van der Waals surface area contributed by atoms with Crippen molar-refractivity contribution in [3.05, 3.63) is 29.8 Å². The third kappa shape index (κ3) is 2.61. The third-order valence-corrected chi connectivity index (χ3v) is 1.83. The van der Waals surface area contributed by atoms with E-state index < -0.39 is 11.3 Å². The van der Waals surface area contributed by atoms with E-state index >= 15 is 0 Å². The van der Waals surface area contributed by atoms with E-state index in [1.165, 1.54) is 0 Å². The van der Waals surface area contributed by atoms with Crippen LogP contribution in [0.25, 0.3) is 0 Å². The zero-order valence-corrected chi connectivity index (χ0v) is 7.17. The number of benzene rings is 1. The highest BCUT2D eigenvalue weighted by atomic mass is 32.2. The Balaban J connectivity index is 2.63.